The third-order valence-corrected chi connectivity index (χ3v) is 6.67. The zero-order valence-corrected chi connectivity index (χ0v) is 19.4. The van der Waals surface area contributed by atoms with Crippen LogP contribution in [0.1, 0.15) is 46.9 Å². The predicted octanol–water partition coefficient (Wildman–Crippen LogP) is 3.26. The van der Waals surface area contributed by atoms with Crippen LogP contribution >= 0.6 is 0 Å². The van der Waals surface area contributed by atoms with Crippen LogP contribution in [0.4, 0.5) is 5.69 Å². The summed E-state index contributed by atoms with van der Waals surface area (Å²) in [5.74, 6) is -2.48. The number of non-ortho nitro benzene ring substituents is 1. The van der Waals surface area contributed by atoms with Gasteiger partial charge in [0.2, 0.25) is 0 Å². The number of rotatable bonds is 7. The van der Waals surface area contributed by atoms with Crippen molar-refractivity contribution in [2.24, 2.45) is 17.8 Å². The number of hydrazine groups is 1. The van der Waals surface area contributed by atoms with Gasteiger partial charge in [0.1, 0.15) is 12.3 Å². The molecule has 1 saturated carbocycles. The molecule has 2 aliphatic rings. The van der Waals surface area contributed by atoms with E-state index in [1.54, 1.807) is 12.1 Å². The summed E-state index contributed by atoms with van der Waals surface area (Å²) in [5, 5.41) is 12.7. The number of carbonyl (C=O) groups is 4. The Labute approximate surface area is 201 Å². The lowest BCUT2D eigenvalue weighted by Gasteiger charge is -2.30. The average Bonchev–Trinajstić information content (AvgIpc) is 3.11. The van der Waals surface area contributed by atoms with Crippen molar-refractivity contribution in [2.45, 2.75) is 26.2 Å². The average molecular weight is 479 g/mol. The van der Waals surface area contributed by atoms with Gasteiger partial charge in [-0.15, -0.1) is 0 Å². The molecule has 3 amide bonds. The van der Waals surface area contributed by atoms with Crippen molar-refractivity contribution in [3.63, 3.8) is 0 Å². The molecule has 2 aromatic carbocycles. The van der Waals surface area contributed by atoms with Gasteiger partial charge in [-0.1, -0.05) is 6.92 Å². The number of ketones is 1. The van der Waals surface area contributed by atoms with Gasteiger partial charge in [0.25, 0.3) is 23.4 Å². The monoisotopic (exact) mass is 479 g/mol. The van der Waals surface area contributed by atoms with E-state index in [0.29, 0.717) is 18.6 Å². The van der Waals surface area contributed by atoms with Gasteiger partial charge in [-0.2, -0.15) is 5.01 Å². The Morgan fingerprint density at radius 3 is 2.20 bits per heavy atom. The summed E-state index contributed by atoms with van der Waals surface area (Å²) < 4.78 is 5.10. The van der Waals surface area contributed by atoms with Crippen molar-refractivity contribution >= 4 is 29.2 Å². The molecule has 0 spiro atoms. The summed E-state index contributed by atoms with van der Waals surface area (Å²) >= 11 is 0. The van der Waals surface area contributed by atoms with E-state index in [2.05, 4.69) is 0 Å². The first-order chi connectivity index (χ1) is 16.7. The minimum atomic E-state index is -0.768. The van der Waals surface area contributed by atoms with Crippen LogP contribution in [0.15, 0.2) is 48.5 Å². The molecule has 1 saturated heterocycles. The lowest BCUT2D eigenvalue weighted by atomic mass is 9.76. The number of methoxy groups -OCH3 is 1. The van der Waals surface area contributed by atoms with E-state index in [1.165, 1.54) is 31.4 Å². The molecule has 0 bridgehead atoms. The first kappa shape index (κ1) is 24.1. The van der Waals surface area contributed by atoms with E-state index in [4.69, 9.17) is 4.74 Å². The highest BCUT2D eigenvalue weighted by Gasteiger charge is 2.52. The molecule has 2 fully saturated rings. The number of nitro benzene ring substituents is 1. The van der Waals surface area contributed by atoms with E-state index in [9.17, 15) is 29.3 Å². The quantitative estimate of drug-likeness (QED) is 0.258. The van der Waals surface area contributed by atoms with Crippen LogP contribution in [-0.4, -0.2) is 52.1 Å². The summed E-state index contributed by atoms with van der Waals surface area (Å²) in [6.45, 7) is 1.47. The number of fused-ring (bicyclic) bond motifs is 1. The highest BCUT2D eigenvalue weighted by Crippen LogP contribution is 2.41. The highest BCUT2D eigenvalue weighted by atomic mass is 16.6. The number of amides is 3. The Morgan fingerprint density at radius 1 is 1.00 bits per heavy atom. The standard InChI is InChI=1S/C25H25N3O7/c1-15-3-12-20-21(13-15)25(32)27(24(20)31)26(14-22(29)16-6-10-19(35-2)11-7-16)23(30)17-4-8-18(9-5-17)28(33)34/h4-11,15,20-21H,3,12-14H2,1-2H3/t15-,20-,21-/m1/s1. The molecule has 182 valence electrons. The fourth-order valence-corrected chi connectivity index (χ4v) is 4.72. The molecule has 10 heteroatoms. The summed E-state index contributed by atoms with van der Waals surface area (Å²) in [5.41, 5.74) is 0.0788. The molecule has 2 aromatic rings. The first-order valence-corrected chi connectivity index (χ1v) is 11.3. The van der Waals surface area contributed by atoms with Crippen molar-refractivity contribution < 1.29 is 28.8 Å². The molecule has 10 nitrogen and oxygen atoms in total. The second-order valence-corrected chi connectivity index (χ2v) is 8.94. The van der Waals surface area contributed by atoms with Crippen LogP contribution in [-0.2, 0) is 9.59 Å². The lowest BCUT2D eigenvalue weighted by molar-refractivity contribution is -0.384. The predicted molar refractivity (Wildman–Crippen MR) is 123 cm³/mol. The van der Waals surface area contributed by atoms with Gasteiger partial charge in [-0.05, 0) is 61.6 Å². The van der Waals surface area contributed by atoms with Crippen molar-refractivity contribution in [3.05, 3.63) is 69.8 Å². The van der Waals surface area contributed by atoms with Crippen LogP contribution in [0, 0.1) is 27.9 Å². The number of hydrogen-bond acceptors (Lipinski definition) is 7. The molecule has 0 radical (unpaired) electrons. The number of carbonyl (C=O) groups excluding carboxylic acids is 4. The number of Topliss-reactive ketones (excluding diaryl/α,β-unsaturated/α-hetero) is 1. The van der Waals surface area contributed by atoms with E-state index < -0.39 is 46.8 Å². The van der Waals surface area contributed by atoms with Crippen molar-refractivity contribution in [2.75, 3.05) is 13.7 Å². The van der Waals surface area contributed by atoms with Crippen molar-refractivity contribution in [1.29, 1.82) is 0 Å². The third kappa shape index (κ3) is 4.64. The fraction of sp³-hybridized carbons (Fsp3) is 0.360. The Kier molecular flexibility index (Phi) is 6.63. The van der Waals surface area contributed by atoms with E-state index in [-0.39, 0.29) is 22.7 Å². The molecule has 35 heavy (non-hydrogen) atoms. The number of nitro groups is 1. The number of nitrogens with zero attached hydrogens (tertiary/aromatic N) is 3. The SMILES string of the molecule is COc1ccc(C(=O)CN(C(=O)c2ccc([N+](=O)[O-])cc2)N2C(=O)[C@@H]3CC[C@@H](C)C[C@H]3C2=O)cc1. The van der Waals surface area contributed by atoms with Gasteiger partial charge in [0.05, 0.1) is 23.9 Å². The maximum Gasteiger partial charge on any atom is 0.273 e. The van der Waals surface area contributed by atoms with Crippen molar-refractivity contribution in [3.8, 4) is 5.75 Å². The second-order valence-electron chi connectivity index (χ2n) is 8.94. The molecule has 1 heterocycles. The number of hydrogen-bond donors (Lipinski definition) is 0. The van der Waals surface area contributed by atoms with Crippen LogP contribution in [0.5, 0.6) is 5.75 Å². The normalized spacial score (nSPS) is 21.4. The largest absolute Gasteiger partial charge is 0.497 e. The number of imide groups is 1. The molecule has 3 atom stereocenters. The molecule has 0 aromatic heterocycles. The summed E-state index contributed by atoms with van der Waals surface area (Å²) in [6, 6.07) is 11.1. The Bertz CT molecular complexity index is 1180. The second kappa shape index (κ2) is 9.65. The Hall–Kier alpha value is -4.08. The smallest absolute Gasteiger partial charge is 0.273 e. The highest BCUT2D eigenvalue weighted by molar-refractivity contribution is 6.09. The zero-order chi connectivity index (χ0) is 25.3. The first-order valence-electron chi connectivity index (χ1n) is 11.3. The number of benzene rings is 2. The maximum atomic E-state index is 13.5. The van der Waals surface area contributed by atoms with Gasteiger partial charge in [-0.3, -0.25) is 29.3 Å². The van der Waals surface area contributed by atoms with Gasteiger partial charge >= 0.3 is 0 Å². The molecular weight excluding hydrogens is 454 g/mol. The molecular formula is C25H25N3O7. The maximum absolute atomic E-state index is 13.5. The molecule has 0 unspecified atom stereocenters. The Morgan fingerprint density at radius 2 is 1.60 bits per heavy atom. The van der Waals surface area contributed by atoms with E-state index >= 15 is 0 Å². The lowest BCUT2D eigenvalue weighted by Crippen LogP contribution is -2.52. The summed E-state index contributed by atoms with van der Waals surface area (Å²) in [4.78, 5) is 63.6. The third-order valence-electron chi connectivity index (χ3n) is 6.67. The fourth-order valence-electron chi connectivity index (χ4n) is 4.72. The molecule has 4 rings (SSSR count). The molecule has 1 aliphatic carbocycles. The Balaban J connectivity index is 1.67. The molecule has 1 aliphatic heterocycles. The summed E-state index contributed by atoms with van der Waals surface area (Å²) in [6.07, 6.45) is 1.88. The van der Waals surface area contributed by atoms with E-state index in [1.807, 2.05) is 6.92 Å². The van der Waals surface area contributed by atoms with E-state index in [0.717, 1.165) is 28.6 Å². The number of ether oxygens (including phenoxy) is 1. The molecule has 0 N–H and O–H groups in total. The van der Waals surface area contributed by atoms with Gasteiger partial charge in [-0.25, -0.2) is 5.01 Å². The zero-order valence-electron chi connectivity index (χ0n) is 19.4. The van der Waals surface area contributed by atoms with Gasteiger partial charge in [0, 0.05) is 23.3 Å². The van der Waals surface area contributed by atoms with Crippen LogP contribution in [0.25, 0.3) is 0 Å². The van der Waals surface area contributed by atoms with Gasteiger partial charge in [0.15, 0.2) is 5.78 Å². The van der Waals surface area contributed by atoms with Crippen LogP contribution in [0.3, 0.4) is 0 Å². The summed E-state index contributed by atoms with van der Waals surface area (Å²) in [7, 11) is 1.49. The van der Waals surface area contributed by atoms with Crippen molar-refractivity contribution in [1.82, 2.24) is 10.0 Å². The van der Waals surface area contributed by atoms with Gasteiger partial charge < -0.3 is 4.74 Å². The minimum Gasteiger partial charge on any atom is -0.497 e. The van der Waals surface area contributed by atoms with Crippen LogP contribution < -0.4 is 4.74 Å². The topological polar surface area (TPSA) is 127 Å². The minimum absolute atomic E-state index is 0.0157. The van der Waals surface area contributed by atoms with Crippen LogP contribution in [0.2, 0.25) is 0 Å².